The van der Waals surface area contributed by atoms with Gasteiger partial charge in [-0.05, 0) is 18.4 Å². The van der Waals surface area contributed by atoms with Crippen LogP contribution in [0.5, 0.6) is 0 Å². The molecule has 0 spiro atoms. The largest absolute Gasteiger partial charge is 0.149 e. The van der Waals surface area contributed by atoms with Gasteiger partial charge in [-0.3, -0.25) is 0 Å². The van der Waals surface area contributed by atoms with E-state index >= 15 is 0 Å². The van der Waals surface area contributed by atoms with E-state index in [9.17, 15) is 0 Å². The molecule has 1 aromatic heterocycles. The third kappa shape index (κ3) is 4.55. The smallest absolute Gasteiger partial charge is 0.00141 e. The maximum Gasteiger partial charge on any atom is 0.00141 e. The van der Waals surface area contributed by atoms with E-state index in [1.807, 2.05) is 0 Å². The highest BCUT2D eigenvalue weighted by Gasteiger charge is 1.95. The predicted molar refractivity (Wildman–Crippen MR) is 56.8 cm³/mol. The molecular formula is C11H18S. The van der Waals surface area contributed by atoms with Gasteiger partial charge in [0.05, 0.1) is 0 Å². The van der Waals surface area contributed by atoms with Gasteiger partial charge < -0.3 is 0 Å². The average Bonchev–Trinajstić information content (AvgIpc) is 2.60. The lowest BCUT2D eigenvalue weighted by atomic mass is 10.0. The number of aryl methyl sites for hydroxylation is 1. The molecule has 0 atom stereocenters. The first-order valence-corrected chi connectivity index (χ1v) is 5.77. The van der Waals surface area contributed by atoms with Crippen LogP contribution in [-0.4, -0.2) is 0 Å². The summed E-state index contributed by atoms with van der Waals surface area (Å²) in [6.07, 6.45) is 9.00. The topological polar surface area (TPSA) is 0 Å². The maximum absolute atomic E-state index is 2.10. The first-order chi connectivity index (χ1) is 5.89. The van der Waals surface area contributed by atoms with Crippen molar-refractivity contribution in [2.24, 2.45) is 0 Å². The molecule has 0 amide bonds. The highest BCUT2D eigenvalue weighted by atomic mass is 32.1. The van der Waals surface area contributed by atoms with Gasteiger partial charge in [-0.15, -0.1) is 11.3 Å². The Morgan fingerprint density at radius 3 is 1.67 bits per heavy atom. The van der Waals surface area contributed by atoms with Gasteiger partial charge in [-0.2, -0.15) is 0 Å². The van der Waals surface area contributed by atoms with Crippen LogP contribution in [0.3, 0.4) is 0 Å². The summed E-state index contributed by atoms with van der Waals surface area (Å²) in [6.45, 7) is 2.10. The molecule has 1 aromatic rings. The lowest BCUT2D eigenvalue weighted by Crippen LogP contribution is -1.85. The monoisotopic (exact) mass is 182 g/mol. The molecule has 1 saturated carbocycles. The van der Waals surface area contributed by atoms with Gasteiger partial charge in [-0.1, -0.05) is 44.6 Å². The predicted octanol–water partition coefficient (Wildman–Crippen LogP) is 4.40. The first-order valence-electron chi connectivity index (χ1n) is 4.90. The zero-order valence-electron chi connectivity index (χ0n) is 7.88. The molecule has 0 nitrogen and oxygen atoms in total. The number of hydrogen-bond donors (Lipinski definition) is 0. The van der Waals surface area contributed by atoms with Crippen molar-refractivity contribution in [1.29, 1.82) is 0 Å². The van der Waals surface area contributed by atoms with E-state index in [1.54, 1.807) is 11.3 Å². The molecule has 0 bridgehead atoms. The van der Waals surface area contributed by atoms with Crippen LogP contribution >= 0.6 is 11.3 Å². The van der Waals surface area contributed by atoms with Crippen LogP contribution < -0.4 is 0 Å². The molecule has 0 saturated heterocycles. The Balaban J connectivity index is 0.000000120. The van der Waals surface area contributed by atoms with Crippen molar-refractivity contribution in [1.82, 2.24) is 0 Å². The molecule has 1 aliphatic carbocycles. The van der Waals surface area contributed by atoms with E-state index < -0.39 is 0 Å². The van der Waals surface area contributed by atoms with E-state index in [0.717, 1.165) is 0 Å². The fourth-order valence-corrected chi connectivity index (χ4v) is 1.95. The quantitative estimate of drug-likeness (QED) is 0.558. The average molecular weight is 182 g/mol. The summed E-state index contributed by atoms with van der Waals surface area (Å²) < 4.78 is 0. The zero-order valence-corrected chi connectivity index (χ0v) is 8.70. The Labute approximate surface area is 79.6 Å². The molecule has 1 aliphatic rings. The molecule has 12 heavy (non-hydrogen) atoms. The Bertz CT molecular complexity index is 161. The van der Waals surface area contributed by atoms with Gasteiger partial charge in [-0.25, -0.2) is 0 Å². The van der Waals surface area contributed by atoms with Crippen molar-refractivity contribution in [3.8, 4) is 0 Å². The first kappa shape index (κ1) is 9.79. The summed E-state index contributed by atoms with van der Waals surface area (Å²) in [6, 6.07) is 4.16. The van der Waals surface area contributed by atoms with E-state index in [-0.39, 0.29) is 0 Å². The molecule has 2 rings (SSSR count). The van der Waals surface area contributed by atoms with Crippen LogP contribution in [0.15, 0.2) is 17.5 Å². The van der Waals surface area contributed by atoms with Gasteiger partial charge in [0.25, 0.3) is 0 Å². The van der Waals surface area contributed by atoms with Crippen LogP contribution in [0, 0.1) is 6.92 Å². The van der Waals surface area contributed by atoms with Crippen molar-refractivity contribution >= 4 is 11.3 Å². The molecule has 1 fully saturated rings. The zero-order chi connectivity index (χ0) is 8.65. The van der Waals surface area contributed by atoms with Crippen LogP contribution in [0.1, 0.15) is 43.4 Å². The second-order valence-electron chi connectivity index (χ2n) is 3.35. The van der Waals surface area contributed by atoms with Gasteiger partial charge in [0.15, 0.2) is 0 Å². The van der Waals surface area contributed by atoms with Crippen LogP contribution in [-0.2, 0) is 0 Å². The standard InChI is InChI=1S/C6H12.C5H6S/c1-2-4-6-5-3-1;1-5-3-2-4-6-5/h1-6H2;2-4H,1H3. The van der Waals surface area contributed by atoms with Crippen molar-refractivity contribution in [3.05, 3.63) is 22.4 Å². The molecule has 1 heterocycles. The fourth-order valence-electron chi connectivity index (χ4n) is 1.42. The van der Waals surface area contributed by atoms with Crippen LogP contribution in [0.25, 0.3) is 0 Å². The normalized spacial score (nSPS) is 16.4. The molecule has 0 aliphatic heterocycles. The fraction of sp³-hybridized carbons (Fsp3) is 0.636. The molecule has 0 N–H and O–H groups in total. The molecule has 0 unspecified atom stereocenters. The van der Waals surface area contributed by atoms with Crippen LogP contribution in [0.2, 0.25) is 0 Å². The minimum Gasteiger partial charge on any atom is -0.149 e. The van der Waals surface area contributed by atoms with Crippen LogP contribution in [0.4, 0.5) is 0 Å². The molecule has 0 aromatic carbocycles. The highest BCUT2D eigenvalue weighted by molar-refractivity contribution is 7.09. The van der Waals surface area contributed by atoms with E-state index in [2.05, 4.69) is 24.4 Å². The summed E-state index contributed by atoms with van der Waals surface area (Å²) in [5, 5.41) is 2.08. The Morgan fingerprint density at radius 1 is 1.00 bits per heavy atom. The number of rotatable bonds is 0. The van der Waals surface area contributed by atoms with Gasteiger partial charge in [0.1, 0.15) is 0 Å². The van der Waals surface area contributed by atoms with Crippen molar-refractivity contribution < 1.29 is 0 Å². The molecule has 68 valence electrons. The summed E-state index contributed by atoms with van der Waals surface area (Å²) in [5.41, 5.74) is 0. The Kier molecular flexibility index (Phi) is 5.09. The lowest BCUT2D eigenvalue weighted by molar-refractivity contribution is 0.504. The minimum absolute atomic E-state index is 1.38. The SMILES string of the molecule is C1CCCCC1.Cc1cccs1. The molecular weight excluding hydrogens is 164 g/mol. The number of hydrogen-bond acceptors (Lipinski definition) is 1. The number of thiophene rings is 1. The van der Waals surface area contributed by atoms with E-state index in [1.165, 1.54) is 43.4 Å². The molecule has 0 radical (unpaired) electrons. The second kappa shape index (κ2) is 6.24. The maximum atomic E-state index is 2.10. The van der Waals surface area contributed by atoms with Crippen molar-refractivity contribution in [2.75, 3.05) is 0 Å². The third-order valence-electron chi connectivity index (χ3n) is 2.16. The summed E-state index contributed by atoms with van der Waals surface area (Å²) >= 11 is 1.78. The van der Waals surface area contributed by atoms with Gasteiger partial charge in [0, 0.05) is 4.88 Å². The second-order valence-corrected chi connectivity index (χ2v) is 4.50. The summed E-state index contributed by atoms with van der Waals surface area (Å²) in [5.74, 6) is 0. The highest BCUT2D eigenvalue weighted by Crippen LogP contribution is 2.15. The lowest BCUT2D eigenvalue weighted by Gasteiger charge is -2.05. The summed E-state index contributed by atoms with van der Waals surface area (Å²) in [4.78, 5) is 1.38. The van der Waals surface area contributed by atoms with Crippen molar-refractivity contribution in [2.45, 2.75) is 45.4 Å². The van der Waals surface area contributed by atoms with E-state index in [4.69, 9.17) is 0 Å². The van der Waals surface area contributed by atoms with Crippen molar-refractivity contribution in [3.63, 3.8) is 0 Å². The Morgan fingerprint density at radius 2 is 1.50 bits per heavy atom. The van der Waals surface area contributed by atoms with Gasteiger partial charge in [0.2, 0.25) is 0 Å². The molecule has 1 heteroatoms. The summed E-state index contributed by atoms with van der Waals surface area (Å²) in [7, 11) is 0. The van der Waals surface area contributed by atoms with Gasteiger partial charge >= 0.3 is 0 Å². The minimum atomic E-state index is 1.38. The van der Waals surface area contributed by atoms with E-state index in [0.29, 0.717) is 0 Å². The third-order valence-corrected chi connectivity index (χ3v) is 2.96. The Hall–Kier alpha value is -0.300.